The molecule has 1 unspecified atom stereocenters. The minimum absolute atomic E-state index is 0.525. The number of rotatable bonds is 6. The quantitative estimate of drug-likeness (QED) is 0.868. The highest BCUT2D eigenvalue weighted by Gasteiger charge is 2.24. The van der Waals surface area contributed by atoms with Crippen molar-refractivity contribution in [3.8, 4) is 17.2 Å². The molecule has 1 fully saturated rings. The van der Waals surface area contributed by atoms with E-state index >= 15 is 0 Å². The summed E-state index contributed by atoms with van der Waals surface area (Å²) in [5.41, 5.74) is 0.778. The summed E-state index contributed by atoms with van der Waals surface area (Å²) < 4.78 is 16.1. The lowest BCUT2D eigenvalue weighted by Crippen LogP contribution is -2.12. The molecule has 1 atom stereocenters. The van der Waals surface area contributed by atoms with Crippen LogP contribution in [0, 0.1) is 5.92 Å². The van der Waals surface area contributed by atoms with E-state index in [1.807, 2.05) is 12.1 Å². The van der Waals surface area contributed by atoms with Gasteiger partial charge in [0.05, 0.1) is 27.4 Å². The van der Waals surface area contributed by atoms with Crippen LogP contribution in [0.3, 0.4) is 0 Å². The molecule has 0 aromatic heterocycles. The van der Waals surface area contributed by atoms with Gasteiger partial charge in [-0.3, -0.25) is 0 Å². The lowest BCUT2D eigenvalue weighted by atomic mass is 9.84. The fraction of sp³-hybridized carbons (Fsp3) is 0.647. The van der Waals surface area contributed by atoms with Crippen LogP contribution in [0.2, 0.25) is 0 Å². The van der Waals surface area contributed by atoms with Crippen molar-refractivity contribution in [2.45, 2.75) is 44.6 Å². The minimum atomic E-state index is -0.525. The summed E-state index contributed by atoms with van der Waals surface area (Å²) >= 11 is 0. The standard InChI is InChI=1S/C17H26O4/c1-19-15-10-9-13(16(20-2)17(15)21-3)14(18)11-12-7-5-4-6-8-12/h9-10,12,14,18H,4-8,11H2,1-3H3. The largest absolute Gasteiger partial charge is 0.493 e. The van der Waals surface area contributed by atoms with Gasteiger partial charge in [0, 0.05) is 5.56 Å². The van der Waals surface area contributed by atoms with Crippen molar-refractivity contribution in [2.75, 3.05) is 21.3 Å². The van der Waals surface area contributed by atoms with Crippen molar-refractivity contribution in [3.05, 3.63) is 17.7 Å². The number of hydrogen-bond acceptors (Lipinski definition) is 4. The first-order chi connectivity index (χ1) is 10.2. The zero-order valence-corrected chi connectivity index (χ0v) is 13.2. The molecule has 2 rings (SSSR count). The number of ether oxygens (including phenoxy) is 3. The molecule has 1 aromatic carbocycles. The Balaban J connectivity index is 2.21. The number of methoxy groups -OCH3 is 3. The summed E-state index contributed by atoms with van der Waals surface area (Å²) in [4.78, 5) is 0. The summed E-state index contributed by atoms with van der Waals surface area (Å²) in [7, 11) is 4.77. The average Bonchev–Trinajstić information content (AvgIpc) is 2.53. The Labute approximate surface area is 127 Å². The molecule has 1 aliphatic carbocycles. The second-order valence-electron chi connectivity index (χ2n) is 5.68. The maximum Gasteiger partial charge on any atom is 0.203 e. The maximum atomic E-state index is 10.6. The van der Waals surface area contributed by atoms with Crippen molar-refractivity contribution < 1.29 is 19.3 Å². The molecule has 21 heavy (non-hydrogen) atoms. The Kier molecular flexibility index (Phi) is 5.74. The van der Waals surface area contributed by atoms with E-state index in [1.165, 1.54) is 32.1 Å². The molecule has 0 heterocycles. The Hall–Kier alpha value is -1.42. The number of hydrogen-bond donors (Lipinski definition) is 1. The van der Waals surface area contributed by atoms with E-state index in [1.54, 1.807) is 21.3 Å². The van der Waals surface area contributed by atoms with Crippen LogP contribution in [0.5, 0.6) is 17.2 Å². The highest BCUT2D eigenvalue weighted by atomic mass is 16.5. The average molecular weight is 294 g/mol. The summed E-state index contributed by atoms with van der Waals surface area (Å²) in [6, 6.07) is 3.69. The van der Waals surface area contributed by atoms with Crippen LogP contribution in [0.15, 0.2) is 12.1 Å². The first kappa shape index (κ1) is 16.0. The van der Waals surface area contributed by atoms with E-state index in [2.05, 4.69) is 0 Å². The van der Waals surface area contributed by atoms with Crippen molar-refractivity contribution >= 4 is 0 Å². The zero-order valence-electron chi connectivity index (χ0n) is 13.2. The molecular formula is C17H26O4. The van der Waals surface area contributed by atoms with E-state index in [0.29, 0.717) is 23.2 Å². The van der Waals surface area contributed by atoms with E-state index in [0.717, 1.165) is 12.0 Å². The fourth-order valence-corrected chi connectivity index (χ4v) is 3.25. The maximum absolute atomic E-state index is 10.6. The van der Waals surface area contributed by atoms with Crippen LogP contribution < -0.4 is 14.2 Å². The molecule has 1 aromatic rings. The Morgan fingerprint density at radius 3 is 2.24 bits per heavy atom. The van der Waals surface area contributed by atoms with Gasteiger partial charge in [-0.05, 0) is 24.5 Å². The molecule has 1 N–H and O–H groups in total. The minimum Gasteiger partial charge on any atom is -0.493 e. The van der Waals surface area contributed by atoms with Gasteiger partial charge in [0.2, 0.25) is 5.75 Å². The molecular weight excluding hydrogens is 268 g/mol. The zero-order chi connectivity index (χ0) is 15.2. The van der Waals surface area contributed by atoms with E-state index in [-0.39, 0.29) is 0 Å². The monoisotopic (exact) mass is 294 g/mol. The third kappa shape index (κ3) is 3.62. The molecule has 4 nitrogen and oxygen atoms in total. The van der Waals surface area contributed by atoms with Gasteiger partial charge in [0.15, 0.2) is 11.5 Å². The first-order valence-corrected chi connectivity index (χ1v) is 7.68. The molecule has 0 aliphatic heterocycles. The van der Waals surface area contributed by atoms with Crippen LogP contribution in [0.25, 0.3) is 0 Å². The second kappa shape index (κ2) is 7.55. The Morgan fingerprint density at radius 1 is 1.00 bits per heavy atom. The molecule has 0 amide bonds. The van der Waals surface area contributed by atoms with Gasteiger partial charge in [-0.15, -0.1) is 0 Å². The lowest BCUT2D eigenvalue weighted by molar-refractivity contribution is 0.127. The van der Waals surface area contributed by atoms with Crippen molar-refractivity contribution in [2.24, 2.45) is 5.92 Å². The molecule has 1 saturated carbocycles. The predicted molar refractivity (Wildman–Crippen MR) is 82.2 cm³/mol. The second-order valence-corrected chi connectivity index (χ2v) is 5.68. The summed E-state index contributed by atoms with van der Waals surface area (Å²) in [5.74, 6) is 2.33. The lowest BCUT2D eigenvalue weighted by Gasteiger charge is -2.25. The van der Waals surface area contributed by atoms with Crippen molar-refractivity contribution in [1.82, 2.24) is 0 Å². The van der Waals surface area contributed by atoms with Gasteiger partial charge in [-0.2, -0.15) is 0 Å². The third-order valence-electron chi connectivity index (χ3n) is 4.37. The molecule has 0 bridgehead atoms. The molecule has 0 radical (unpaired) electrons. The van der Waals surface area contributed by atoms with Crippen molar-refractivity contribution in [3.63, 3.8) is 0 Å². The van der Waals surface area contributed by atoms with Gasteiger partial charge in [-0.1, -0.05) is 32.1 Å². The smallest absolute Gasteiger partial charge is 0.203 e. The van der Waals surface area contributed by atoms with Gasteiger partial charge in [0.1, 0.15) is 0 Å². The number of benzene rings is 1. The fourth-order valence-electron chi connectivity index (χ4n) is 3.25. The number of aliphatic hydroxyl groups is 1. The molecule has 1 aliphatic rings. The molecule has 118 valence electrons. The first-order valence-electron chi connectivity index (χ1n) is 7.68. The van der Waals surface area contributed by atoms with E-state index < -0.39 is 6.10 Å². The van der Waals surface area contributed by atoms with E-state index in [4.69, 9.17) is 14.2 Å². The molecule has 0 spiro atoms. The highest BCUT2D eigenvalue weighted by molar-refractivity contribution is 5.56. The topological polar surface area (TPSA) is 47.9 Å². The molecule has 0 saturated heterocycles. The molecule has 4 heteroatoms. The number of aliphatic hydroxyl groups excluding tert-OH is 1. The summed E-state index contributed by atoms with van der Waals surface area (Å²) in [6.07, 6.45) is 6.57. The van der Waals surface area contributed by atoms with E-state index in [9.17, 15) is 5.11 Å². The Bertz CT molecular complexity index is 452. The predicted octanol–water partition coefficient (Wildman–Crippen LogP) is 3.72. The SMILES string of the molecule is COc1ccc(C(O)CC2CCCCC2)c(OC)c1OC. The highest BCUT2D eigenvalue weighted by Crippen LogP contribution is 2.44. The Morgan fingerprint density at radius 2 is 1.67 bits per heavy atom. The van der Waals surface area contributed by atoms with Crippen molar-refractivity contribution in [1.29, 1.82) is 0 Å². The van der Waals surface area contributed by atoms with Gasteiger partial charge in [-0.25, -0.2) is 0 Å². The van der Waals surface area contributed by atoms with Gasteiger partial charge < -0.3 is 19.3 Å². The third-order valence-corrected chi connectivity index (χ3v) is 4.37. The van der Waals surface area contributed by atoms with Crippen LogP contribution in [-0.4, -0.2) is 26.4 Å². The summed E-state index contributed by atoms with van der Waals surface area (Å²) in [6.45, 7) is 0. The van der Waals surface area contributed by atoms with Crippen LogP contribution >= 0.6 is 0 Å². The summed E-state index contributed by atoms with van der Waals surface area (Å²) in [5, 5.41) is 10.6. The normalized spacial score (nSPS) is 17.3. The van der Waals surface area contributed by atoms with Crippen LogP contribution in [0.1, 0.15) is 50.2 Å². The van der Waals surface area contributed by atoms with Gasteiger partial charge >= 0.3 is 0 Å². The van der Waals surface area contributed by atoms with Crippen LogP contribution in [-0.2, 0) is 0 Å². The van der Waals surface area contributed by atoms with Crippen LogP contribution in [0.4, 0.5) is 0 Å². The van der Waals surface area contributed by atoms with Gasteiger partial charge in [0.25, 0.3) is 0 Å².